The third-order valence-corrected chi connectivity index (χ3v) is 20.1. The number of nitrogens with one attached hydrogen (secondary N) is 3. The standard InChI is InChI=1S/C90H117N3O33/c1-5-7-9-11-13-15-17-19-20-21-22-23-24-25-26-27-28-29-31-33-35-37-41-49-66(99)93-59(54-60(96)46-40-36-34-32-30-18-16-14-12-10-8-6-2)57-118-87-73(106)68(101)67(100)63(121-87)58-116-52-45-39-38-44-50-91-64(97)47-42-43-48-65(98)92-51-53-117-86-75(108)71(104)79(61(55-94)119-86)123-90-78(111)81(77(110)83(126-90)85(113)115-4)124-88-76(109)72(105)80(62(56-95)120-88)122-89-74(107)69(102)70(103)82(125-89)84(112)114-3/h59-63,67-83,86-90,94-96,100-111H,6,8,10,12,14,16,18,30,32,34,36,38-40,42-48,50-58H2,1-4H3,(H,91,97)(H,92,98)(H,93,99)/t59-,60-,61?,62?,63?,67?,68?,69?,70?,71?,72?,73?,74?,75?,76?,77?,78?,79?,80?,81?,82?,83?,86?,87?,88?,89?,90?/m1/s1. The van der Waals surface area contributed by atoms with Gasteiger partial charge in [0.25, 0.3) is 5.91 Å². The molecule has 18 N–H and O–H groups in total. The van der Waals surface area contributed by atoms with Crippen LogP contribution in [-0.4, -0.2) is 339 Å². The minimum atomic E-state index is -2.23. The topological polar surface area (TPSA) is 545 Å². The Balaban J connectivity index is 0.982. The first kappa shape index (κ1) is 108. The number of esters is 2. The van der Waals surface area contributed by atoms with E-state index >= 15 is 0 Å². The summed E-state index contributed by atoms with van der Waals surface area (Å²) in [5, 5.41) is 172. The lowest BCUT2D eigenvalue weighted by atomic mass is 9.95. The molecule has 0 aromatic carbocycles. The van der Waals surface area contributed by atoms with E-state index in [1.807, 2.05) is 0 Å². The Morgan fingerprint density at radius 1 is 0.381 bits per heavy atom. The predicted octanol–water partition coefficient (Wildman–Crippen LogP) is -4.78. The van der Waals surface area contributed by atoms with Crippen molar-refractivity contribution in [1.82, 2.24) is 16.0 Å². The van der Waals surface area contributed by atoms with E-state index in [0.29, 0.717) is 45.1 Å². The number of aliphatic hydroxyl groups excluding tert-OH is 15. The Bertz CT molecular complexity index is 4190. The fraction of sp³-hybridized carbons (Fsp3) is 0.678. The molecule has 3 amide bonds. The van der Waals surface area contributed by atoms with Gasteiger partial charge in [0.05, 0.1) is 59.4 Å². The number of hydrogen-bond donors (Lipinski definition) is 18. The quantitative estimate of drug-likeness (QED) is 0.0154. The molecule has 0 radical (unpaired) electrons. The van der Waals surface area contributed by atoms with Crippen molar-refractivity contribution in [3.8, 4) is 142 Å². The van der Waals surface area contributed by atoms with Gasteiger partial charge in [0.2, 0.25) is 11.8 Å². The van der Waals surface area contributed by atoms with E-state index in [0.717, 1.165) is 46.3 Å². The van der Waals surface area contributed by atoms with Gasteiger partial charge in [0.15, 0.2) is 43.7 Å². The van der Waals surface area contributed by atoms with E-state index in [2.05, 4.69) is 170 Å². The van der Waals surface area contributed by atoms with E-state index < -0.39 is 203 Å². The van der Waals surface area contributed by atoms with Crippen LogP contribution in [0, 0.1) is 142 Å². The van der Waals surface area contributed by atoms with Crippen molar-refractivity contribution < 1.29 is 162 Å². The molecule has 5 heterocycles. The van der Waals surface area contributed by atoms with E-state index in [-0.39, 0.29) is 58.1 Å². The molecule has 5 saturated heterocycles. The SMILES string of the molecule is CC#CC#CC#CC#CC#CC#CC#CC#CC#CC#CC#CC#CC(=O)N[C@@H](COC1OC(COCCCCCCNC(=O)CCCCC(=O)NCCOC2OC(CO)C(OC3OC(C(=O)OC)C(O)C(OC4OC(CO)C(OC5OC(C(=O)OC)C(O)C(O)C5O)C(O)C4O)C3O)C(O)C2O)C(O)C(O)C1O)C[C@H](O)CCCCCCCCCCCCCC. The largest absolute Gasteiger partial charge is 0.467 e. The molecule has 0 bridgehead atoms. The second-order valence-corrected chi connectivity index (χ2v) is 29.5. The van der Waals surface area contributed by atoms with Crippen molar-refractivity contribution in [2.24, 2.45) is 0 Å². The summed E-state index contributed by atoms with van der Waals surface area (Å²) in [7, 11) is 1.85. The van der Waals surface area contributed by atoms with Crippen molar-refractivity contribution in [2.75, 3.05) is 67.0 Å². The zero-order chi connectivity index (χ0) is 92.0. The highest BCUT2D eigenvalue weighted by Gasteiger charge is 2.57. The molecule has 5 fully saturated rings. The first-order valence-electron chi connectivity index (χ1n) is 41.9. The number of amides is 3. The van der Waals surface area contributed by atoms with Crippen molar-refractivity contribution in [3.05, 3.63) is 0 Å². The predicted molar refractivity (Wildman–Crippen MR) is 441 cm³/mol. The minimum absolute atomic E-state index is 0.0363. The third-order valence-electron chi connectivity index (χ3n) is 20.1. The first-order chi connectivity index (χ1) is 60.8. The Hall–Kier alpha value is -8.97. The highest BCUT2D eigenvalue weighted by atomic mass is 16.8. The lowest BCUT2D eigenvalue weighted by Gasteiger charge is -2.48. The summed E-state index contributed by atoms with van der Waals surface area (Å²) in [6.45, 7) is 1.66. The molecule has 25 unspecified atom stereocenters. The highest BCUT2D eigenvalue weighted by Crippen LogP contribution is 2.36. The summed E-state index contributed by atoms with van der Waals surface area (Å²) < 4.78 is 71.7. The van der Waals surface area contributed by atoms with Gasteiger partial charge in [-0.2, -0.15) is 0 Å². The molecule has 5 rings (SSSR count). The van der Waals surface area contributed by atoms with Crippen LogP contribution in [0.25, 0.3) is 0 Å². The van der Waals surface area contributed by atoms with Gasteiger partial charge in [0.1, 0.15) is 110 Å². The number of rotatable bonds is 47. The van der Waals surface area contributed by atoms with Crippen LogP contribution >= 0.6 is 0 Å². The van der Waals surface area contributed by atoms with Crippen LogP contribution in [0.15, 0.2) is 0 Å². The molecule has 5 aliphatic heterocycles. The molecule has 36 nitrogen and oxygen atoms in total. The second-order valence-electron chi connectivity index (χ2n) is 29.5. The van der Waals surface area contributed by atoms with Gasteiger partial charge >= 0.3 is 11.9 Å². The van der Waals surface area contributed by atoms with Gasteiger partial charge in [-0.1, -0.05) is 103 Å². The van der Waals surface area contributed by atoms with Crippen LogP contribution < -0.4 is 16.0 Å². The summed E-state index contributed by atoms with van der Waals surface area (Å²) >= 11 is 0. The molecule has 690 valence electrons. The number of carbonyl (C=O) groups excluding carboxylic acids is 5. The molecule has 0 aromatic rings. The maximum Gasteiger partial charge on any atom is 0.337 e. The summed E-state index contributed by atoms with van der Waals surface area (Å²) in [6.07, 6.45) is -30.3. The number of ether oxygens (including phenoxy) is 13. The van der Waals surface area contributed by atoms with Crippen molar-refractivity contribution >= 4 is 29.7 Å². The van der Waals surface area contributed by atoms with E-state index in [1.54, 1.807) is 6.92 Å². The Morgan fingerprint density at radius 3 is 1.29 bits per heavy atom. The van der Waals surface area contributed by atoms with Gasteiger partial charge < -0.3 is 154 Å². The Morgan fingerprint density at radius 2 is 0.778 bits per heavy atom. The Kier molecular flexibility index (Phi) is 53.2. The minimum Gasteiger partial charge on any atom is -0.467 e. The van der Waals surface area contributed by atoms with E-state index in [9.17, 15) is 101 Å². The monoisotopic (exact) mass is 1770 g/mol. The smallest absolute Gasteiger partial charge is 0.337 e. The van der Waals surface area contributed by atoms with Crippen LogP contribution in [0.3, 0.4) is 0 Å². The first-order valence-corrected chi connectivity index (χ1v) is 41.9. The van der Waals surface area contributed by atoms with Gasteiger partial charge in [-0.3, -0.25) is 14.4 Å². The van der Waals surface area contributed by atoms with Crippen LogP contribution in [0.5, 0.6) is 0 Å². The van der Waals surface area contributed by atoms with Crippen LogP contribution in [-0.2, 0) is 85.6 Å². The lowest BCUT2D eigenvalue weighted by molar-refractivity contribution is -0.385. The molecule has 36 heteroatoms. The number of methoxy groups -OCH3 is 2. The van der Waals surface area contributed by atoms with Crippen LogP contribution in [0.4, 0.5) is 0 Å². The van der Waals surface area contributed by atoms with E-state index in [1.165, 1.54) is 51.4 Å². The second kappa shape index (κ2) is 62.3. The van der Waals surface area contributed by atoms with Gasteiger partial charge in [-0.15, -0.1) is 0 Å². The Labute approximate surface area is 734 Å². The summed E-state index contributed by atoms with van der Waals surface area (Å²) in [5.41, 5.74) is 0. The van der Waals surface area contributed by atoms with Gasteiger partial charge in [-0.25, -0.2) is 9.59 Å². The van der Waals surface area contributed by atoms with Gasteiger partial charge in [-0.05, 0) is 140 Å². The molecule has 5 aliphatic rings. The lowest BCUT2D eigenvalue weighted by Crippen LogP contribution is -2.68. The molecular weight excluding hydrogens is 1650 g/mol. The van der Waals surface area contributed by atoms with Gasteiger partial charge in [0, 0.05) is 74.0 Å². The maximum atomic E-state index is 13.1. The van der Waals surface area contributed by atoms with Crippen molar-refractivity contribution in [1.29, 1.82) is 0 Å². The number of unbranched alkanes of at least 4 members (excludes halogenated alkanes) is 15. The molecule has 0 aliphatic carbocycles. The molecule has 0 saturated carbocycles. The summed E-state index contributed by atoms with van der Waals surface area (Å²) in [6, 6.07) is -0.839. The fourth-order valence-electron chi connectivity index (χ4n) is 13.3. The average molecular weight is 1770 g/mol. The number of carbonyl (C=O) groups is 5. The third kappa shape index (κ3) is 38.5. The normalized spacial score (nSPS) is 29.0. The molecular formula is C90H117N3O33. The molecule has 0 spiro atoms. The van der Waals surface area contributed by atoms with Crippen molar-refractivity contribution in [2.45, 2.75) is 321 Å². The fourth-order valence-corrected chi connectivity index (χ4v) is 13.3. The maximum absolute atomic E-state index is 13.1. The van der Waals surface area contributed by atoms with Crippen LogP contribution in [0.2, 0.25) is 0 Å². The zero-order valence-corrected chi connectivity index (χ0v) is 70.9. The molecule has 27 atom stereocenters. The number of aliphatic hydroxyl groups is 15. The highest BCUT2D eigenvalue weighted by molar-refractivity contribution is 5.94. The molecule has 126 heavy (non-hydrogen) atoms. The number of hydrogen-bond acceptors (Lipinski definition) is 33. The summed E-state index contributed by atoms with van der Waals surface area (Å²) in [4.78, 5) is 63.6. The van der Waals surface area contributed by atoms with Crippen molar-refractivity contribution in [3.63, 3.8) is 0 Å². The van der Waals surface area contributed by atoms with Crippen LogP contribution in [0.1, 0.15) is 155 Å². The zero-order valence-electron chi connectivity index (χ0n) is 70.9. The van der Waals surface area contributed by atoms with E-state index in [4.69, 9.17) is 56.8 Å². The molecule has 0 aromatic heterocycles. The summed E-state index contributed by atoms with van der Waals surface area (Å²) in [5.74, 6) is 56.1. The average Bonchev–Trinajstić information content (AvgIpc) is 0.756.